The lowest BCUT2D eigenvalue weighted by Gasteiger charge is -2.15. The molecule has 0 saturated carbocycles. The number of hydrogen-bond acceptors (Lipinski definition) is 4. The number of likely N-dealkylation sites (tertiary alicyclic amines) is 1. The number of fused-ring (bicyclic) bond motifs is 1. The minimum Gasteiger partial charge on any atom is -0.489 e. The van der Waals surface area contributed by atoms with Crippen molar-refractivity contribution in [3.63, 3.8) is 0 Å². The average Bonchev–Trinajstić information content (AvgIpc) is 3.47. The third-order valence-corrected chi connectivity index (χ3v) is 5.89. The highest BCUT2D eigenvalue weighted by molar-refractivity contribution is 6.08. The maximum absolute atomic E-state index is 13.4. The summed E-state index contributed by atoms with van der Waals surface area (Å²) in [6, 6.07) is 16.1. The second-order valence-electron chi connectivity index (χ2n) is 8.48. The van der Waals surface area contributed by atoms with E-state index in [2.05, 4.69) is 20.4 Å². The molecule has 6 nitrogen and oxygen atoms in total. The van der Waals surface area contributed by atoms with Gasteiger partial charge in [-0.05, 0) is 79.5 Å². The summed E-state index contributed by atoms with van der Waals surface area (Å²) >= 11 is 0. The Bertz CT molecular complexity index is 1310. The van der Waals surface area contributed by atoms with Crippen LogP contribution in [-0.2, 0) is 13.2 Å². The van der Waals surface area contributed by atoms with E-state index in [1.54, 1.807) is 24.3 Å². The fourth-order valence-corrected chi connectivity index (χ4v) is 4.23. The first-order valence-electron chi connectivity index (χ1n) is 11.2. The lowest BCUT2D eigenvalue weighted by molar-refractivity contribution is 0.102. The first-order chi connectivity index (χ1) is 16.5. The number of hydrogen-bond donors (Lipinski definition) is 2. The standard InChI is InChI=1S/C26H24F2N4O2/c27-20-11-18(12-21(28)13-20)16-34-22-6-7-24-23(14-22)25(31-30-24)29-26(33)19-5-3-4-17(10-19)15-32-8-1-2-9-32/h3-7,10-14H,1-2,8-9,15-16H2,(H2,29,30,31,33). The van der Waals surface area contributed by atoms with E-state index in [1.807, 2.05) is 18.2 Å². The smallest absolute Gasteiger partial charge is 0.256 e. The quantitative estimate of drug-likeness (QED) is 0.393. The predicted molar refractivity (Wildman–Crippen MR) is 126 cm³/mol. The Labute approximate surface area is 195 Å². The molecule has 8 heteroatoms. The van der Waals surface area contributed by atoms with Gasteiger partial charge in [-0.15, -0.1) is 0 Å². The van der Waals surface area contributed by atoms with Crippen LogP contribution in [0.4, 0.5) is 14.6 Å². The molecule has 5 rings (SSSR count). The lowest BCUT2D eigenvalue weighted by Crippen LogP contribution is -2.19. The van der Waals surface area contributed by atoms with E-state index >= 15 is 0 Å². The number of nitrogens with zero attached hydrogens (tertiary/aromatic N) is 2. The molecule has 1 aromatic heterocycles. The van der Waals surface area contributed by atoms with Crippen LogP contribution in [0.25, 0.3) is 10.9 Å². The molecule has 2 heterocycles. The number of benzene rings is 3. The normalized spacial score (nSPS) is 13.9. The Morgan fingerprint density at radius 1 is 1.00 bits per heavy atom. The van der Waals surface area contributed by atoms with Crippen LogP contribution >= 0.6 is 0 Å². The van der Waals surface area contributed by atoms with Crippen molar-refractivity contribution in [2.75, 3.05) is 18.4 Å². The van der Waals surface area contributed by atoms with E-state index in [0.717, 1.165) is 36.8 Å². The maximum atomic E-state index is 13.4. The predicted octanol–water partition coefficient (Wildman–Crippen LogP) is 5.27. The Morgan fingerprint density at radius 2 is 1.79 bits per heavy atom. The minimum atomic E-state index is -0.654. The fraction of sp³-hybridized carbons (Fsp3) is 0.231. The SMILES string of the molecule is O=C(Nc1n[nH]c2ccc(OCc3cc(F)cc(F)c3)cc12)c1cccc(CN2CCCC2)c1. The number of carbonyl (C=O) groups excluding carboxylic acids is 1. The molecule has 0 atom stereocenters. The number of ether oxygens (including phenoxy) is 1. The number of halogens is 2. The highest BCUT2D eigenvalue weighted by Crippen LogP contribution is 2.26. The van der Waals surface area contributed by atoms with Crippen molar-refractivity contribution in [3.05, 3.63) is 89.0 Å². The molecule has 1 saturated heterocycles. The number of aromatic nitrogens is 2. The summed E-state index contributed by atoms with van der Waals surface area (Å²) < 4.78 is 32.5. The molecule has 0 spiro atoms. The number of carbonyl (C=O) groups is 1. The molecule has 3 aromatic carbocycles. The minimum absolute atomic E-state index is 0.00351. The molecule has 0 aliphatic carbocycles. The average molecular weight is 463 g/mol. The van der Waals surface area contributed by atoms with Gasteiger partial charge in [0.2, 0.25) is 0 Å². The summed E-state index contributed by atoms with van der Waals surface area (Å²) in [5.74, 6) is -0.691. The molecule has 0 bridgehead atoms. The van der Waals surface area contributed by atoms with E-state index in [4.69, 9.17) is 4.74 Å². The van der Waals surface area contributed by atoms with E-state index in [1.165, 1.54) is 25.0 Å². The maximum Gasteiger partial charge on any atom is 0.256 e. The van der Waals surface area contributed by atoms with Gasteiger partial charge in [0.05, 0.1) is 5.52 Å². The van der Waals surface area contributed by atoms with Gasteiger partial charge in [-0.2, -0.15) is 5.10 Å². The summed E-state index contributed by atoms with van der Waals surface area (Å²) in [5.41, 5.74) is 2.77. The van der Waals surface area contributed by atoms with Crippen molar-refractivity contribution in [1.29, 1.82) is 0 Å². The first-order valence-corrected chi connectivity index (χ1v) is 11.2. The van der Waals surface area contributed by atoms with Crippen molar-refractivity contribution in [1.82, 2.24) is 15.1 Å². The zero-order chi connectivity index (χ0) is 23.5. The summed E-state index contributed by atoms with van der Waals surface area (Å²) in [6.07, 6.45) is 2.44. The third kappa shape index (κ3) is 5.07. The molecule has 1 aliphatic heterocycles. The lowest BCUT2D eigenvalue weighted by atomic mass is 10.1. The number of H-pyrrole nitrogens is 1. The van der Waals surface area contributed by atoms with Gasteiger partial charge < -0.3 is 10.1 Å². The topological polar surface area (TPSA) is 70.2 Å². The third-order valence-electron chi connectivity index (χ3n) is 5.89. The number of anilines is 1. The zero-order valence-electron chi connectivity index (χ0n) is 18.5. The van der Waals surface area contributed by atoms with Gasteiger partial charge in [0.15, 0.2) is 5.82 Å². The highest BCUT2D eigenvalue weighted by Gasteiger charge is 2.15. The van der Waals surface area contributed by atoms with Crippen LogP contribution in [-0.4, -0.2) is 34.1 Å². The molecular formula is C26H24F2N4O2. The van der Waals surface area contributed by atoms with E-state index in [-0.39, 0.29) is 12.5 Å². The summed E-state index contributed by atoms with van der Waals surface area (Å²) in [6.45, 7) is 3.02. The van der Waals surface area contributed by atoms with Gasteiger partial charge in [0.25, 0.3) is 5.91 Å². The molecule has 1 fully saturated rings. The molecule has 4 aromatic rings. The van der Waals surface area contributed by atoms with Crippen LogP contribution in [0.15, 0.2) is 60.7 Å². The van der Waals surface area contributed by atoms with E-state index in [9.17, 15) is 13.6 Å². The first kappa shape index (κ1) is 22.0. The fourth-order valence-electron chi connectivity index (χ4n) is 4.23. The van der Waals surface area contributed by atoms with Gasteiger partial charge in [-0.25, -0.2) is 8.78 Å². The second-order valence-corrected chi connectivity index (χ2v) is 8.48. The van der Waals surface area contributed by atoms with Gasteiger partial charge >= 0.3 is 0 Å². The van der Waals surface area contributed by atoms with Gasteiger partial charge in [-0.1, -0.05) is 12.1 Å². The number of amides is 1. The molecule has 34 heavy (non-hydrogen) atoms. The van der Waals surface area contributed by atoms with Crippen LogP contribution in [0.5, 0.6) is 5.75 Å². The Kier molecular flexibility index (Phi) is 6.22. The Morgan fingerprint density at radius 3 is 2.59 bits per heavy atom. The van der Waals surface area contributed by atoms with Crippen molar-refractivity contribution in [2.45, 2.75) is 26.0 Å². The largest absolute Gasteiger partial charge is 0.489 e. The van der Waals surface area contributed by atoms with Crippen molar-refractivity contribution in [2.24, 2.45) is 0 Å². The summed E-state index contributed by atoms with van der Waals surface area (Å²) in [5, 5.41) is 10.7. The molecule has 0 radical (unpaired) electrons. The number of rotatable bonds is 7. The highest BCUT2D eigenvalue weighted by atomic mass is 19.1. The van der Waals surface area contributed by atoms with Crippen molar-refractivity contribution < 1.29 is 18.3 Å². The molecule has 1 amide bonds. The molecule has 1 aliphatic rings. The Hall–Kier alpha value is -3.78. The van der Waals surface area contributed by atoms with Crippen molar-refractivity contribution in [3.8, 4) is 5.75 Å². The van der Waals surface area contributed by atoms with Crippen LogP contribution < -0.4 is 10.1 Å². The van der Waals surface area contributed by atoms with Crippen LogP contribution in [0.1, 0.15) is 34.3 Å². The summed E-state index contributed by atoms with van der Waals surface area (Å²) in [4.78, 5) is 15.3. The van der Waals surface area contributed by atoms with Gasteiger partial charge in [0.1, 0.15) is 24.0 Å². The molecule has 174 valence electrons. The van der Waals surface area contributed by atoms with Gasteiger partial charge in [0, 0.05) is 23.6 Å². The second kappa shape index (κ2) is 9.61. The van der Waals surface area contributed by atoms with E-state index in [0.29, 0.717) is 28.1 Å². The van der Waals surface area contributed by atoms with Gasteiger partial charge in [-0.3, -0.25) is 14.8 Å². The monoisotopic (exact) mass is 462 g/mol. The zero-order valence-corrected chi connectivity index (χ0v) is 18.5. The van der Waals surface area contributed by atoms with E-state index < -0.39 is 11.6 Å². The van der Waals surface area contributed by atoms with Crippen LogP contribution in [0.3, 0.4) is 0 Å². The molecule has 2 N–H and O–H groups in total. The van der Waals surface area contributed by atoms with Crippen molar-refractivity contribution >= 4 is 22.6 Å². The van der Waals surface area contributed by atoms with Crippen LogP contribution in [0.2, 0.25) is 0 Å². The number of nitrogens with one attached hydrogen (secondary N) is 2. The molecular weight excluding hydrogens is 438 g/mol. The molecule has 0 unspecified atom stereocenters. The number of aromatic amines is 1. The summed E-state index contributed by atoms with van der Waals surface area (Å²) in [7, 11) is 0. The Balaban J connectivity index is 1.29. The van der Waals surface area contributed by atoms with Crippen LogP contribution in [0, 0.1) is 11.6 Å².